The second kappa shape index (κ2) is 47.0. The molecule has 0 aromatic rings. The number of rotatable bonds is 47. The monoisotopic (exact) mass is 911 g/mol. The summed E-state index contributed by atoms with van der Waals surface area (Å²) >= 11 is 2.14. The highest BCUT2D eigenvalue weighted by Gasteiger charge is 2.35. The molecular formula is C57H98O6S. The average Bonchev–Trinajstić information content (AvgIpc) is 4.05. The summed E-state index contributed by atoms with van der Waals surface area (Å²) < 4.78 is 16.8. The zero-order chi connectivity index (χ0) is 46.2. The van der Waals surface area contributed by atoms with E-state index in [0.29, 0.717) is 19.3 Å². The van der Waals surface area contributed by atoms with E-state index in [0.717, 1.165) is 113 Å². The summed E-state index contributed by atoms with van der Waals surface area (Å²) in [6.45, 7) is 6.56. The maximum atomic E-state index is 12.8. The molecule has 3 unspecified atom stereocenters. The molecule has 3 atom stereocenters. The number of unbranched alkanes of at least 4 members (excludes halogenated alkanes) is 23. The zero-order valence-corrected chi connectivity index (χ0v) is 42.5. The summed E-state index contributed by atoms with van der Waals surface area (Å²) in [5.74, 6) is -0.908. The van der Waals surface area contributed by atoms with Gasteiger partial charge < -0.3 is 14.2 Å². The summed E-state index contributed by atoms with van der Waals surface area (Å²) in [5, 5.41) is 1.66. The maximum absolute atomic E-state index is 12.8. The molecule has 0 amide bonds. The Morgan fingerprint density at radius 2 is 0.766 bits per heavy atom. The Morgan fingerprint density at radius 1 is 0.406 bits per heavy atom. The van der Waals surface area contributed by atoms with Gasteiger partial charge in [-0.15, -0.1) is 0 Å². The first-order valence-corrected chi connectivity index (χ1v) is 27.8. The van der Waals surface area contributed by atoms with Crippen LogP contribution in [0.1, 0.15) is 252 Å². The lowest BCUT2D eigenvalue weighted by molar-refractivity contribution is -0.167. The number of hydrogen-bond donors (Lipinski definition) is 0. The Balaban J connectivity index is 2.31. The molecule has 1 rings (SSSR count). The van der Waals surface area contributed by atoms with Gasteiger partial charge in [0.15, 0.2) is 6.10 Å². The van der Waals surface area contributed by atoms with Crippen molar-refractivity contribution in [2.75, 3.05) is 13.2 Å². The molecular weight excluding hydrogens is 813 g/mol. The van der Waals surface area contributed by atoms with Crippen LogP contribution in [-0.2, 0) is 28.6 Å². The van der Waals surface area contributed by atoms with Gasteiger partial charge in [0.05, 0.1) is 0 Å². The van der Waals surface area contributed by atoms with Crippen molar-refractivity contribution < 1.29 is 28.6 Å². The quantitative estimate of drug-likeness (QED) is 0.0198. The third-order valence-electron chi connectivity index (χ3n) is 11.9. The van der Waals surface area contributed by atoms with Gasteiger partial charge in [-0.25, -0.2) is 0 Å². The van der Waals surface area contributed by atoms with E-state index >= 15 is 0 Å². The predicted octanol–water partition coefficient (Wildman–Crippen LogP) is 17.4. The lowest BCUT2D eigenvalue weighted by Crippen LogP contribution is -2.30. The Bertz CT molecular complexity index is 1240. The van der Waals surface area contributed by atoms with Crippen LogP contribution in [0, 0.1) is 0 Å². The molecule has 1 fully saturated rings. The van der Waals surface area contributed by atoms with E-state index in [4.69, 9.17) is 14.2 Å². The molecule has 0 N–H and O–H groups in total. The zero-order valence-electron chi connectivity index (χ0n) is 41.7. The first kappa shape index (κ1) is 59.5. The standard InChI is InChI=1S/C57H98O6S/c1-4-7-10-13-16-18-20-22-24-26-28-30-32-37-42-47-55(58)61-50-52(63-57(60)49-44-38-33-31-29-27-25-23-21-19-17-14-11-8-5-2)51-62-56(59)48-43-39-34-36-41-46-54-53(64-54)45-40-35-15-12-9-6-3/h16-19,22-25,35,40,52-54H,4-15,20-21,26-34,36-39,41-51H2,1-3H3/b18-16+,19-17+,24-22+,25-23+,40-35+. The van der Waals surface area contributed by atoms with Crippen molar-refractivity contribution in [1.82, 2.24) is 0 Å². The molecule has 0 spiro atoms. The Labute approximate surface area is 399 Å². The fraction of sp³-hybridized carbons (Fsp3) is 0.772. The van der Waals surface area contributed by atoms with E-state index in [9.17, 15) is 14.4 Å². The number of esters is 3. The van der Waals surface area contributed by atoms with E-state index < -0.39 is 6.10 Å². The van der Waals surface area contributed by atoms with Crippen molar-refractivity contribution in [3.8, 4) is 0 Å². The SMILES string of the molecule is CCCCC/C=C/C/C=C/CCCCCCCC(=O)OCC(COC(=O)CCCCCCCC1SC1C/C=C/CCCCC)OC(=O)CCCCCCC/C=C/C/C=C/CCCCC. The van der Waals surface area contributed by atoms with Gasteiger partial charge in [-0.3, -0.25) is 14.4 Å². The van der Waals surface area contributed by atoms with Gasteiger partial charge in [0.2, 0.25) is 0 Å². The van der Waals surface area contributed by atoms with Crippen LogP contribution in [-0.4, -0.2) is 47.7 Å². The minimum atomic E-state index is -0.788. The first-order valence-electron chi connectivity index (χ1n) is 26.9. The van der Waals surface area contributed by atoms with Crippen LogP contribution in [0.4, 0.5) is 0 Å². The predicted molar refractivity (Wildman–Crippen MR) is 276 cm³/mol. The lowest BCUT2D eigenvalue weighted by atomic mass is 10.1. The van der Waals surface area contributed by atoms with Crippen molar-refractivity contribution in [2.24, 2.45) is 0 Å². The van der Waals surface area contributed by atoms with Crippen LogP contribution in [0.3, 0.4) is 0 Å². The van der Waals surface area contributed by atoms with Gasteiger partial charge in [-0.2, -0.15) is 11.8 Å². The molecule has 0 saturated carbocycles. The number of ether oxygens (including phenoxy) is 3. The Kier molecular flexibility index (Phi) is 43.7. The molecule has 6 nitrogen and oxygen atoms in total. The molecule has 64 heavy (non-hydrogen) atoms. The highest BCUT2D eigenvalue weighted by Crippen LogP contribution is 2.47. The first-order chi connectivity index (χ1) is 31.5. The molecule has 368 valence electrons. The average molecular weight is 911 g/mol. The molecule has 0 radical (unpaired) electrons. The van der Waals surface area contributed by atoms with Crippen molar-refractivity contribution in [1.29, 1.82) is 0 Å². The van der Waals surface area contributed by atoms with E-state index in [1.165, 1.54) is 109 Å². The number of hydrogen-bond acceptors (Lipinski definition) is 7. The van der Waals surface area contributed by atoms with Crippen LogP contribution in [0.2, 0.25) is 0 Å². The molecule has 1 heterocycles. The van der Waals surface area contributed by atoms with E-state index in [2.05, 4.69) is 93.3 Å². The third-order valence-corrected chi connectivity index (χ3v) is 13.4. The number of thioether (sulfide) groups is 1. The van der Waals surface area contributed by atoms with Crippen molar-refractivity contribution >= 4 is 29.7 Å². The molecule has 1 saturated heterocycles. The fourth-order valence-corrected chi connectivity index (χ4v) is 8.82. The van der Waals surface area contributed by atoms with Crippen LogP contribution in [0.15, 0.2) is 60.8 Å². The molecule has 0 aliphatic carbocycles. The minimum Gasteiger partial charge on any atom is -0.462 e. The van der Waals surface area contributed by atoms with Gasteiger partial charge >= 0.3 is 17.9 Å². The van der Waals surface area contributed by atoms with Gasteiger partial charge in [0.25, 0.3) is 0 Å². The molecule has 1 aliphatic rings. The molecule has 0 aromatic heterocycles. The Hall–Kier alpha value is -2.54. The number of allylic oxidation sites excluding steroid dienone is 10. The van der Waals surface area contributed by atoms with Gasteiger partial charge in [-0.1, -0.05) is 184 Å². The highest BCUT2D eigenvalue weighted by molar-refractivity contribution is 8.07. The molecule has 1 aliphatic heterocycles. The van der Waals surface area contributed by atoms with Crippen molar-refractivity contribution in [3.63, 3.8) is 0 Å². The number of carbonyl (C=O) groups excluding carboxylic acids is 3. The molecule has 0 bridgehead atoms. The summed E-state index contributed by atoms with van der Waals surface area (Å²) in [4.78, 5) is 38.1. The van der Waals surface area contributed by atoms with E-state index in [-0.39, 0.29) is 31.1 Å². The van der Waals surface area contributed by atoms with Gasteiger partial charge in [0.1, 0.15) is 13.2 Å². The third kappa shape index (κ3) is 42.1. The minimum absolute atomic E-state index is 0.0855. The lowest BCUT2D eigenvalue weighted by Gasteiger charge is -2.18. The molecule has 0 aromatic carbocycles. The Morgan fingerprint density at radius 3 is 1.20 bits per heavy atom. The smallest absolute Gasteiger partial charge is 0.306 e. The second-order valence-corrected chi connectivity index (χ2v) is 19.6. The summed E-state index contributed by atoms with van der Waals surface area (Å²) in [6.07, 6.45) is 60.9. The normalized spacial score (nSPS) is 15.7. The molecule has 7 heteroatoms. The fourth-order valence-electron chi connectivity index (χ4n) is 7.68. The van der Waals surface area contributed by atoms with Crippen molar-refractivity contribution in [2.45, 2.75) is 269 Å². The highest BCUT2D eigenvalue weighted by atomic mass is 32.2. The summed E-state index contributed by atoms with van der Waals surface area (Å²) in [5.41, 5.74) is 0. The number of carbonyl (C=O) groups is 3. The summed E-state index contributed by atoms with van der Waals surface area (Å²) in [6, 6.07) is 0. The summed E-state index contributed by atoms with van der Waals surface area (Å²) in [7, 11) is 0. The largest absolute Gasteiger partial charge is 0.462 e. The van der Waals surface area contributed by atoms with Crippen LogP contribution in [0.5, 0.6) is 0 Å². The second-order valence-electron chi connectivity index (χ2n) is 18.2. The van der Waals surface area contributed by atoms with Crippen LogP contribution >= 0.6 is 11.8 Å². The topological polar surface area (TPSA) is 78.9 Å². The van der Waals surface area contributed by atoms with Crippen LogP contribution in [0.25, 0.3) is 0 Å². The van der Waals surface area contributed by atoms with Gasteiger partial charge in [0, 0.05) is 29.8 Å². The van der Waals surface area contributed by atoms with E-state index in [1.807, 2.05) is 0 Å². The van der Waals surface area contributed by atoms with Gasteiger partial charge in [-0.05, 0) is 109 Å². The maximum Gasteiger partial charge on any atom is 0.306 e. The van der Waals surface area contributed by atoms with E-state index in [1.54, 1.807) is 0 Å². The van der Waals surface area contributed by atoms with Crippen molar-refractivity contribution in [3.05, 3.63) is 60.8 Å². The van der Waals surface area contributed by atoms with Crippen LogP contribution < -0.4 is 0 Å².